The van der Waals surface area contributed by atoms with Crippen molar-refractivity contribution in [3.05, 3.63) is 69.8 Å². The number of esters is 1. The SMILES string of the molecule is COC(=O)C1=CC(C)(C)c2c1c1ccc(Br)cc1n2S(=O)(=O)c1ccc(C)cc1. The first-order chi connectivity index (χ1) is 13.6. The van der Waals surface area contributed by atoms with Crippen molar-refractivity contribution in [2.24, 2.45) is 0 Å². The van der Waals surface area contributed by atoms with Gasteiger partial charge < -0.3 is 4.74 Å². The number of halogens is 1. The molecule has 29 heavy (non-hydrogen) atoms. The molecule has 3 aromatic rings. The van der Waals surface area contributed by atoms with E-state index in [1.165, 1.54) is 11.1 Å². The predicted octanol–water partition coefficient (Wildman–Crippen LogP) is 4.80. The van der Waals surface area contributed by atoms with Crippen molar-refractivity contribution >= 4 is 48.4 Å². The minimum absolute atomic E-state index is 0.199. The van der Waals surface area contributed by atoms with Gasteiger partial charge in [0.05, 0.1) is 28.8 Å². The van der Waals surface area contributed by atoms with E-state index in [-0.39, 0.29) is 4.90 Å². The van der Waals surface area contributed by atoms with Crippen molar-refractivity contribution < 1.29 is 17.9 Å². The van der Waals surface area contributed by atoms with Crippen LogP contribution in [0.1, 0.15) is 30.7 Å². The van der Waals surface area contributed by atoms with Gasteiger partial charge in [0.1, 0.15) is 0 Å². The molecule has 1 aliphatic carbocycles. The Balaban J connectivity index is 2.14. The Bertz CT molecular complexity index is 1300. The summed E-state index contributed by atoms with van der Waals surface area (Å²) in [6.07, 6.45) is 1.78. The Morgan fingerprint density at radius 3 is 2.38 bits per heavy atom. The average molecular weight is 474 g/mol. The number of hydrogen-bond donors (Lipinski definition) is 0. The second kappa shape index (κ2) is 6.57. The van der Waals surface area contributed by atoms with Crippen LogP contribution in [0.25, 0.3) is 16.5 Å². The zero-order chi connectivity index (χ0) is 21.1. The van der Waals surface area contributed by atoms with Gasteiger partial charge in [0.15, 0.2) is 0 Å². The van der Waals surface area contributed by atoms with Gasteiger partial charge in [0, 0.05) is 20.8 Å². The topological polar surface area (TPSA) is 65.4 Å². The number of fused-ring (bicyclic) bond motifs is 3. The Labute approximate surface area is 178 Å². The Morgan fingerprint density at radius 2 is 1.76 bits per heavy atom. The molecular formula is C22H20BrNO4S. The lowest BCUT2D eigenvalue weighted by atomic mass is 9.92. The third-order valence-electron chi connectivity index (χ3n) is 5.24. The maximum atomic E-state index is 13.7. The summed E-state index contributed by atoms with van der Waals surface area (Å²) < 4.78 is 34.6. The molecule has 0 unspecified atom stereocenters. The summed E-state index contributed by atoms with van der Waals surface area (Å²) in [4.78, 5) is 12.7. The third kappa shape index (κ3) is 2.95. The van der Waals surface area contributed by atoms with Gasteiger partial charge >= 0.3 is 5.97 Å². The van der Waals surface area contributed by atoms with Gasteiger partial charge in [-0.05, 0) is 31.2 Å². The van der Waals surface area contributed by atoms with E-state index in [1.54, 1.807) is 36.4 Å². The van der Waals surface area contributed by atoms with Gasteiger partial charge in [-0.1, -0.05) is 59.6 Å². The summed E-state index contributed by atoms with van der Waals surface area (Å²) in [5.74, 6) is -0.480. The average Bonchev–Trinajstić information content (AvgIpc) is 3.14. The number of hydrogen-bond acceptors (Lipinski definition) is 4. The number of rotatable bonds is 3. The van der Waals surface area contributed by atoms with Crippen LogP contribution in [0, 0.1) is 6.92 Å². The van der Waals surface area contributed by atoms with E-state index in [0.717, 1.165) is 10.0 Å². The summed E-state index contributed by atoms with van der Waals surface area (Å²) >= 11 is 3.44. The number of methoxy groups -OCH3 is 1. The molecule has 7 heteroatoms. The van der Waals surface area contributed by atoms with Crippen LogP contribution in [0.5, 0.6) is 0 Å². The predicted molar refractivity (Wildman–Crippen MR) is 116 cm³/mol. The van der Waals surface area contributed by atoms with Gasteiger partial charge in [0.2, 0.25) is 0 Å². The van der Waals surface area contributed by atoms with Crippen LogP contribution < -0.4 is 0 Å². The molecule has 0 fully saturated rings. The molecule has 150 valence electrons. The molecule has 0 saturated heterocycles. The van der Waals surface area contributed by atoms with Crippen LogP contribution in [0.15, 0.2) is 57.9 Å². The fourth-order valence-corrected chi connectivity index (χ4v) is 5.94. The summed E-state index contributed by atoms with van der Waals surface area (Å²) in [5.41, 5.74) is 2.38. The summed E-state index contributed by atoms with van der Waals surface area (Å²) in [6, 6.07) is 12.2. The minimum atomic E-state index is -3.90. The smallest absolute Gasteiger partial charge is 0.338 e. The fraction of sp³-hybridized carbons (Fsp3) is 0.227. The number of carbonyl (C=O) groups excluding carboxylic acids is 1. The van der Waals surface area contributed by atoms with Crippen molar-refractivity contribution in [1.82, 2.24) is 3.97 Å². The van der Waals surface area contributed by atoms with E-state index in [0.29, 0.717) is 27.7 Å². The molecule has 4 rings (SSSR count). The highest BCUT2D eigenvalue weighted by molar-refractivity contribution is 9.10. The van der Waals surface area contributed by atoms with Gasteiger partial charge in [-0.25, -0.2) is 17.2 Å². The molecule has 1 aromatic heterocycles. The second-order valence-electron chi connectivity index (χ2n) is 7.74. The molecule has 0 radical (unpaired) electrons. The number of aromatic nitrogens is 1. The quantitative estimate of drug-likeness (QED) is 0.512. The van der Waals surface area contributed by atoms with Crippen LogP contribution in [-0.4, -0.2) is 25.5 Å². The molecule has 0 N–H and O–H groups in total. The molecule has 2 aromatic carbocycles. The molecule has 0 saturated carbocycles. The highest BCUT2D eigenvalue weighted by atomic mass is 79.9. The number of nitrogens with zero attached hydrogens (tertiary/aromatic N) is 1. The Kier molecular flexibility index (Phi) is 4.51. The van der Waals surface area contributed by atoms with Crippen molar-refractivity contribution in [3.63, 3.8) is 0 Å². The summed E-state index contributed by atoms with van der Waals surface area (Å²) in [7, 11) is -2.57. The zero-order valence-electron chi connectivity index (χ0n) is 16.5. The van der Waals surface area contributed by atoms with Crippen LogP contribution >= 0.6 is 15.9 Å². The van der Waals surface area contributed by atoms with Crippen molar-refractivity contribution in [2.75, 3.05) is 7.11 Å². The van der Waals surface area contributed by atoms with Crippen LogP contribution in [0.4, 0.5) is 0 Å². The number of ether oxygens (including phenoxy) is 1. The van der Waals surface area contributed by atoms with Gasteiger partial charge in [-0.2, -0.15) is 0 Å². The number of aryl methyl sites for hydroxylation is 1. The lowest BCUT2D eigenvalue weighted by Crippen LogP contribution is -2.23. The van der Waals surface area contributed by atoms with Gasteiger partial charge in [-0.15, -0.1) is 0 Å². The van der Waals surface area contributed by atoms with E-state index in [9.17, 15) is 13.2 Å². The van der Waals surface area contributed by atoms with Gasteiger partial charge in [-0.3, -0.25) is 0 Å². The summed E-state index contributed by atoms with van der Waals surface area (Å²) in [6.45, 7) is 5.71. The maximum Gasteiger partial charge on any atom is 0.338 e. The highest BCUT2D eigenvalue weighted by Crippen LogP contribution is 2.47. The molecule has 1 heterocycles. The van der Waals surface area contributed by atoms with E-state index in [1.807, 2.05) is 32.9 Å². The van der Waals surface area contributed by atoms with Crippen molar-refractivity contribution in [1.29, 1.82) is 0 Å². The van der Waals surface area contributed by atoms with Crippen LogP contribution in [0.3, 0.4) is 0 Å². The van der Waals surface area contributed by atoms with E-state index in [2.05, 4.69) is 15.9 Å². The molecule has 0 aliphatic heterocycles. The standard InChI is InChI=1S/C22H20BrNO4S/c1-13-5-8-15(9-6-13)29(26,27)24-18-11-14(23)7-10-16(18)19-17(21(25)28-4)12-22(2,3)20(19)24/h5-12H,1-4H3. The Morgan fingerprint density at radius 1 is 1.10 bits per heavy atom. The first-order valence-electron chi connectivity index (χ1n) is 9.06. The molecule has 0 bridgehead atoms. The van der Waals surface area contributed by atoms with Crippen molar-refractivity contribution in [2.45, 2.75) is 31.1 Å². The molecular weight excluding hydrogens is 454 g/mol. The second-order valence-corrected chi connectivity index (χ2v) is 10.4. The number of carbonyl (C=O) groups is 1. The van der Waals surface area contributed by atoms with Crippen molar-refractivity contribution in [3.8, 4) is 0 Å². The first-order valence-corrected chi connectivity index (χ1v) is 11.3. The monoisotopic (exact) mass is 473 g/mol. The number of allylic oxidation sites excluding steroid dienone is 1. The Hall–Kier alpha value is -2.38. The number of benzene rings is 2. The molecule has 1 aliphatic rings. The molecule has 5 nitrogen and oxygen atoms in total. The lowest BCUT2D eigenvalue weighted by molar-refractivity contribution is -0.133. The zero-order valence-corrected chi connectivity index (χ0v) is 18.9. The van der Waals surface area contributed by atoms with Crippen LogP contribution in [-0.2, 0) is 25.0 Å². The fourth-order valence-electron chi connectivity index (χ4n) is 3.93. The minimum Gasteiger partial charge on any atom is -0.465 e. The summed E-state index contributed by atoms with van der Waals surface area (Å²) in [5, 5.41) is 0.695. The van der Waals surface area contributed by atoms with E-state index >= 15 is 0 Å². The molecule has 0 amide bonds. The maximum absolute atomic E-state index is 13.7. The third-order valence-corrected chi connectivity index (χ3v) is 7.46. The largest absolute Gasteiger partial charge is 0.465 e. The molecule has 0 spiro atoms. The van der Waals surface area contributed by atoms with Crippen LogP contribution in [0.2, 0.25) is 0 Å². The van der Waals surface area contributed by atoms with E-state index < -0.39 is 21.4 Å². The highest BCUT2D eigenvalue weighted by Gasteiger charge is 2.42. The normalized spacial score (nSPS) is 15.3. The lowest BCUT2D eigenvalue weighted by Gasteiger charge is -2.21. The van der Waals surface area contributed by atoms with Gasteiger partial charge in [0.25, 0.3) is 10.0 Å². The first kappa shape index (κ1) is 19.9. The molecule has 0 atom stereocenters. The van der Waals surface area contributed by atoms with E-state index in [4.69, 9.17) is 4.74 Å².